The van der Waals surface area contributed by atoms with E-state index in [2.05, 4.69) is 224 Å². The molecule has 0 aliphatic heterocycles. The number of nitrogens with one attached hydrogen (secondary N) is 5. The maximum atomic E-state index is 11.1. The van der Waals surface area contributed by atoms with Crippen LogP contribution in [0.4, 0.5) is 0 Å². The first-order chi connectivity index (χ1) is 52.1. The number of hydrogen-bond acceptors (Lipinski definition) is 8. The van der Waals surface area contributed by atoms with Gasteiger partial charge in [0.1, 0.15) is 40.5 Å². The molecule has 18 heteroatoms. The van der Waals surface area contributed by atoms with Crippen molar-refractivity contribution < 1.29 is 24.9 Å². The van der Waals surface area contributed by atoms with Crippen LogP contribution in [0.1, 0.15) is 15.9 Å². The number of fused-ring (bicyclic) bond motifs is 1. The molecule has 0 radical (unpaired) electrons. The van der Waals surface area contributed by atoms with Gasteiger partial charge in [0.2, 0.25) is 0 Å². The third-order valence-electron chi connectivity index (χ3n) is 17.6. The number of rotatable bonds is 14. The topological polar surface area (TPSA) is 217 Å². The molecule has 0 saturated carbocycles. The average molecular weight is 1750 g/mol. The van der Waals surface area contributed by atoms with E-state index < -0.39 is 5.97 Å². The van der Waals surface area contributed by atoms with E-state index in [9.17, 15) is 15.0 Å². The molecule has 0 bridgehead atoms. The van der Waals surface area contributed by atoms with E-state index in [0.717, 1.165) is 150 Å². The summed E-state index contributed by atoms with van der Waals surface area (Å²) in [6, 6.07) is 98.6. The number of aromatic nitrogens is 9. The molecule has 524 valence electrons. The average Bonchev–Trinajstić information content (AvgIpc) is 1.65. The summed E-state index contributed by atoms with van der Waals surface area (Å²) in [5.41, 5.74) is 22.4. The number of carboxylic acids is 1. The number of imidazole rings is 4. The van der Waals surface area contributed by atoms with E-state index in [1.54, 1.807) is 55.6 Å². The van der Waals surface area contributed by atoms with E-state index in [1.807, 2.05) is 146 Å². The molecular formula is C89H65Br2I2N9O5. The van der Waals surface area contributed by atoms with E-state index in [1.165, 1.54) is 18.1 Å². The van der Waals surface area contributed by atoms with Crippen molar-refractivity contribution in [1.29, 1.82) is 0 Å². The summed E-state index contributed by atoms with van der Waals surface area (Å²) < 4.78 is 9.71. The number of aromatic amines is 5. The monoisotopic (exact) mass is 1750 g/mol. The zero-order chi connectivity index (χ0) is 73.9. The van der Waals surface area contributed by atoms with Crippen molar-refractivity contribution in [3.05, 3.63) is 337 Å². The normalized spacial score (nSPS) is 10.9. The lowest BCUT2D eigenvalue weighted by atomic mass is 10.0. The molecule has 0 aliphatic carbocycles. The van der Waals surface area contributed by atoms with Crippen LogP contribution < -0.4 is 4.74 Å². The minimum Gasteiger partial charge on any atom is -0.508 e. The van der Waals surface area contributed by atoms with E-state index in [-0.39, 0.29) is 17.1 Å². The summed E-state index contributed by atoms with van der Waals surface area (Å²) in [6.07, 6.45) is 2.03. The van der Waals surface area contributed by atoms with Crippen molar-refractivity contribution in [2.45, 2.75) is 6.92 Å². The minimum absolute atomic E-state index is 0.236. The lowest BCUT2D eigenvalue weighted by Crippen LogP contribution is -1.95. The van der Waals surface area contributed by atoms with Gasteiger partial charge in [-0.15, -0.1) is 0 Å². The molecule has 14 nitrogen and oxygen atoms in total. The number of nitrogens with zero attached hydrogens (tertiary/aromatic N) is 4. The highest BCUT2D eigenvalue weighted by atomic mass is 127. The maximum Gasteiger partial charge on any atom is 0.335 e. The third kappa shape index (κ3) is 17.2. The number of carboxylic acid groups (broad SMARTS) is 1. The molecule has 0 atom stereocenters. The van der Waals surface area contributed by atoms with E-state index in [4.69, 9.17) is 29.8 Å². The van der Waals surface area contributed by atoms with Crippen LogP contribution in [-0.4, -0.2) is 73.3 Å². The maximum absolute atomic E-state index is 11.1. The number of H-pyrrole nitrogens is 5. The number of aromatic carboxylic acids is 1. The summed E-state index contributed by atoms with van der Waals surface area (Å²) >= 11 is 11.6. The second-order valence-corrected chi connectivity index (χ2v) is 29.1. The SMILES string of the molecule is COc1ccc(-c2nc(-c3ccc(O)cc3)[nH]c2-c2ccc(C)cc2)cc1.Ic1cccc(-c2nc(-c3c[nH]c4ccccc34)[nH]c2-c2cccc(I)c2)c1.O=C(O)c1ccc(-c2nc(-c3ccccc3)c(-c3ccc(Br)cc3)[nH]2)cc1.Oc1ccc(-c2nc(-c3ccccc3)c(-c3ccc(Br)cc3)[nH]2)cc1. The van der Waals surface area contributed by atoms with Crippen LogP contribution >= 0.6 is 77.0 Å². The molecule has 12 aromatic carbocycles. The number of phenols is 2. The van der Waals surface area contributed by atoms with Gasteiger partial charge in [-0.1, -0.05) is 201 Å². The number of methoxy groups -OCH3 is 1. The quantitative estimate of drug-likeness (QED) is 0.0485. The highest BCUT2D eigenvalue weighted by molar-refractivity contribution is 14.1. The molecule has 0 spiro atoms. The van der Waals surface area contributed by atoms with Crippen molar-refractivity contribution in [3.8, 4) is 153 Å². The van der Waals surface area contributed by atoms with Gasteiger partial charge in [0.15, 0.2) is 0 Å². The third-order valence-corrected chi connectivity index (χ3v) is 20.0. The number of carbonyl (C=O) groups is 1. The van der Waals surface area contributed by atoms with Gasteiger partial charge in [0.25, 0.3) is 0 Å². The minimum atomic E-state index is -0.943. The Morgan fingerprint density at radius 2 is 0.729 bits per heavy atom. The second kappa shape index (κ2) is 33.2. The summed E-state index contributed by atoms with van der Waals surface area (Å²) in [7, 11) is 1.66. The van der Waals surface area contributed by atoms with Crippen LogP contribution in [0, 0.1) is 14.1 Å². The van der Waals surface area contributed by atoms with Crippen molar-refractivity contribution >= 4 is 93.9 Å². The Kier molecular flexibility index (Phi) is 22.4. The van der Waals surface area contributed by atoms with Gasteiger partial charge in [-0.3, -0.25) is 0 Å². The first-order valence-corrected chi connectivity index (χ1v) is 37.6. The number of ether oxygens (including phenoxy) is 1. The Morgan fingerprint density at radius 3 is 1.19 bits per heavy atom. The van der Waals surface area contributed by atoms with Crippen LogP contribution in [0.15, 0.2) is 318 Å². The Hall–Kier alpha value is -11.7. The number of hydrogen-bond donors (Lipinski definition) is 8. The fraction of sp³-hybridized carbons (Fsp3) is 0.0225. The largest absolute Gasteiger partial charge is 0.508 e. The predicted molar refractivity (Wildman–Crippen MR) is 454 cm³/mol. The number of para-hydroxylation sites is 1. The summed E-state index contributed by atoms with van der Waals surface area (Å²) in [5, 5.41) is 29.3. The van der Waals surface area contributed by atoms with Crippen LogP contribution in [0.5, 0.6) is 17.2 Å². The van der Waals surface area contributed by atoms with Crippen molar-refractivity contribution in [2.24, 2.45) is 0 Å². The fourth-order valence-corrected chi connectivity index (χ4v) is 13.8. The first kappa shape index (κ1) is 72.3. The number of phenolic OH excluding ortho intramolecular Hbond substituents is 2. The van der Waals surface area contributed by atoms with Crippen LogP contribution in [-0.2, 0) is 0 Å². The predicted octanol–water partition coefficient (Wildman–Crippen LogP) is 24.3. The summed E-state index contributed by atoms with van der Waals surface area (Å²) in [5.74, 6) is 3.45. The Labute approximate surface area is 661 Å². The lowest BCUT2D eigenvalue weighted by molar-refractivity contribution is 0.0696. The Bertz CT molecular complexity index is 5830. The molecule has 17 rings (SSSR count). The molecular weight excluding hydrogens is 1690 g/mol. The van der Waals surface area contributed by atoms with Gasteiger partial charge in [0.05, 0.1) is 58.2 Å². The zero-order valence-electron chi connectivity index (χ0n) is 57.4. The Morgan fingerprint density at radius 1 is 0.374 bits per heavy atom. The van der Waals surface area contributed by atoms with E-state index in [0.29, 0.717) is 5.82 Å². The van der Waals surface area contributed by atoms with Gasteiger partial charge in [-0.05, 0) is 192 Å². The highest BCUT2D eigenvalue weighted by Gasteiger charge is 2.22. The number of aryl methyl sites for hydroxylation is 1. The van der Waals surface area contributed by atoms with Crippen molar-refractivity contribution in [3.63, 3.8) is 0 Å². The zero-order valence-corrected chi connectivity index (χ0v) is 64.9. The lowest BCUT2D eigenvalue weighted by Gasteiger charge is -2.05. The number of aromatic hydroxyl groups is 2. The van der Waals surface area contributed by atoms with Gasteiger partial charge in [0, 0.05) is 99.9 Å². The molecule has 8 N–H and O–H groups in total. The van der Waals surface area contributed by atoms with Gasteiger partial charge in [-0.2, -0.15) is 0 Å². The molecule has 5 heterocycles. The molecule has 107 heavy (non-hydrogen) atoms. The van der Waals surface area contributed by atoms with E-state index >= 15 is 0 Å². The van der Waals surface area contributed by atoms with Crippen LogP contribution in [0.25, 0.3) is 147 Å². The summed E-state index contributed by atoms with van der Waals surface area (Å²) in [4.78, 5) is 47.9. The molecule has 17 aromatic rings. The first-order valence-electron chi connectivity index (χ1n) is 33.9. The molecule has 0 saturated heterocycles. The summed E-state index contributed by atoms with van der Waals surface area (Å²) in [6.45, 7) is 2.07. The Balaban J connectivity index is 0.000000120. The number of halogens is 4. The molecule has 5 aromatic heterocycles. The van der Waals surface area contributed by atoms with Gasteiger partial charge < -0.3 is 45.0 Å². The molecule has 0 unspecified atom stereocenters. The van der Waals surface area contributed by atoms with Crippen molar-refractivity contribution in [2.75, 3.05) is 7.11 Å². The van der Waals surface area contributed by atoms with Crippen LogP contribution in [0.3, 0.4) is 0 Å². The number of benzene rings is 12. The smallest absolute Gasteiger partial charge is 0.335 e. The van der Waals surface area contributed by atoms with Gasteiger partial charge >= 0.3 is 5.97 Å². The molecule has 0 aliphatic rings. The van der Waals surface area contributed by atoms with Crippen molar-refractivity contribution in [1.82, 2.24) is 44.9 Å². The second-order valence-electron chi connectivity index (χ2n) is 24.8. The standard InChI is InChI=1S/C23H15I2N3.C23H20N2O2.C22H15BrN2O2.C21H15BrN2O/c24-16-7-3-5-14(11-16)21-22(15-6-4-8-17(25)12-15)28-23(27-21)19-13-26-20-10-2-1-9-18(19)20;1-15-3-5-16(6-4-15)21-22(17-9-13-20(27-2)14-10-17)25-23(24-21)18-7-11-19(26)12-8-18;23-18-12-10-15(11-13-18)20-19(14-4-2-1-3-5-14)24-21(25-20)16-6-8-17(9-7-16)22(26)27;22-17-10-6-15(7-11-17)20-19(14-4-2-1-3-5-14)23-21(24-20)16-8-12-18(25)13-9-16/h1-13,26H,(H,27,28);3-14,26H,1-2H3,(H,24,25);1-13H,(H,24,25)(H,26,27);1-13,25H,(H,23,24). The molecule has 0 fully saturated rings. The molecule has 0 amide bonds. The highest BCUT2D eigenvalue weighted by Crippen LogP contribution is 2.40. The van der Waals surface area contributed by atoms with Crippen LogP contribution in [0.2, 0.25) is 0 Å². The van der Waals surface area contributed by atoms with Gasteiger partial charge in [-0.25, -0.2) is 24.7 Å². The fourth-order valence-electron chi connectivity index (χ4n) is 12.2.